The summed E-state index contributed by atoms with van der Waals surface area (Å²) in [5, 5.41) is 1.47. The summed E-state index contributed by atoms with van der Waals surface area (Å²) in [7, 11) is 0. The van der Waals surface area contributed by atoms with Crippen LogP contribution in [0, 0.1) is 0 Å². The van der Waals surface area contributed by atoms with Gasteiger partial charge in [-0.15, -0.1) is 11.3 Å². The minimum Gasteiger partial charge on any atom is -0.486 e. The largest absolute Gasteiger partial charge is 0.486 e. The number of hydrogen-bond acceptors (Lipinski definition) is 4. The summed E-state index contributed by atoms with van der Waals surface area (Å²) < 4.78 is 6.93. The zero-order valence-electron chi connectivity index (χ0n) is 10.9. The van der Waals surface area contributed by atoms with E-state index >= 15 is 0 Å². The van der Waals surface area contributed by atoms with Gasteiger partial charge in [-0.3, -0.25) is 0 Å². The van der Waals surface area contributed by atoms with Gasteiger partial charge in [0.1, 0.15) is 22.4 Å². The number of benzene rings is 2. The molecule has 0 amide bonds. The maximum absolute atomic E-state index is 5.99. The first-order valence-electron chi connectivity index (χ1n) is 6.20. The van der Waals surface area contributed by atoms with E-state index in [1.165, 1.54) is 0 Å². The van der Waals surface area contributed by atoms with Crippen molar-refractivity contribution in [3.8, 4) is 5.75 Å². The summed E-state index contributed by atoms with van der Waals surface area (Å²) in [4.78, 5) is 4.80. The normalized spacial score (nSPS) is 10.7. The van der Waals surface area contributed by atoms with Crippen LogP contribution in [0.3, 0.4) is 0 Å². The topological polar surface area (TPSA) is 48.1 Å². The molecule has 3 aromatic rings. The molecule has 0 fully saturated rings. The number of ether oxygens (including phenoxy) is 1. The molecular weight excluding hydrogens is 324 g/mol. The van der Waals surface area contributed by atoms with Crippen LogP contribution in [0.2, 0.25) is 5.02 Å². The zero-order valence-corrected chi connectivity index (χ0v) is 13.3. The first kappa shape index (κ1) is 14.3. The Bertz CT molecular complexity index is 783. The first-order chi connectivity index (χ1) is 10.1. The maximum atomic E-state index is 5.99. The van der Waals surface area contributed by atoms with Crippen molar-refractivity contribution in [2.75, 3.05) is 0 Å². The fourth-order valence-corrected chi connectivity index (χ4v) is 3.15. The molecule has 3 nitrogen and oxygen atoms in total. The quantitative estimate of drug-likeness (QED) is 0.728. The van der Waals surface area contributed by atoms with Crippen LogP contribution in [0.1, 0.15) is 10.6 Å². The Labute approximate surface area is 136 Å². The molecule has 0 aliphatic rings. The van der Waals surface area contributed by atoms with E-state index in [1.54, 1.807) is 29.5 Å². The van der Waals surface area contributed by atoms with Gasteiger partial charge < -0.3 is 10.5 Å². The molecule has 0 saturated heterocycles. The van der Waals surface area contributed by atoms with E-state index in [0.29, 0.717) is 22.9 Å². The van der Waals surface area contributed by atoms with Gasteiger partial charge in [0.05, 0.1) is 15.8 Å². The lowest BCUT2D eigenvalue weighted by Crippen LogP contribution is -2.11. The predicted octanol–water partition coefficient (Wildman–Crippen LogP) is 4.16. The van der Waals surface area contributed by atoms with Crippen LogP contribution in [0.5, 0.6) is 5.75 Å². The molecule has 106 valence electrons. The average molecular weight is 335 g/mol. The maximum Gasteiger partial charge on any atom is 0.140 e. The molecule has 0 aliphatic carbocycles. The van der Waals surface area contributed by atoms with Crippen LogP contribution in [-0.2, 0) is 6.61 Å². The summed E-state index contributed by atoms with van der Waals surface area (Å²) >= 11 is 12.6. The zero-order chi connectivity index (χ0) is 14.8. The van der Waals surface area contributed by atoms with E-state index in [9.17, 15) is 0 Å². The summed E-state index contributed by atoms with van der Waals surface area (Å²) in [6.45, 7) is 0.356. The van der Waals surface area contributed by atoms with Gasteiger partial charge in [0.2, 0.25) is 0 Å². The van der Waals surface area contributed by atoms with Gasteiger partial charge in [-0.05, 0) is 30.3 Å². The highest BCUT2D eigenvalue weighted by Gasteiger charge is 2.09. The van der Waals surface area contributed by atoms with Gasteiger partial charge >= 0.3 is 0 Å². The Morgan fingerprint density at radius 3 is 2.86 bits per heavy atom. The molecule has 2 N–H and O–H groups in total. The highest BCUT2D eigenvalue weighted by atomic mass is 35.5. The molecule has 1 aromatic heterocycles. The molecule has 0 unspecified atom stereocenters. The van der Waals surface area contributed by atoms with Crippen molar-refractivity contribution in [2.45, 2.75) is 6.61 Å². The lowest BCUT2D eigenvalue weighted by molar-refractivity contribution is 0.305. The Kier molecular flexibility index (Phi) is 4.05. The third-order valence-corrected chi connectivity index (χ3v) is 4.36. The summed E-state index contributed by atoms with van der Waals surface area (Å²) in [6, 6.07) is 13.2. The smallest absolute Gasteiger partial charge is 0.140 e. The molecule has 0 saturated carbocycles. The monoisotopic (exact) mass is 334 g/mol. The molecule has 3 rings (SSSR count). The third kappa shape index (κ3) is 3.15. The highest BCUT2D eigenvalue weighted by Crippen LogP contribution is 2.26. The molecule has 21 heavy (non-hydrogen) atoms. The van der Waals surface area contributed by atoms with E-state index in [0.717, 1.165) is 15.2 Å². The number of hydrogen-bond donors (Lipinski definition) is 1. The van der Waals surface area contributed by atoms with Crippen LogP contribution in [0.4, 0.5) is 0 Å². The van der Waals surface area contributed by atoms with E-state index in [4.69, 9.17) is 34.3 Å². The van der Waals surface area contributed by atoms with Gasteiger partial charge in [0, 0.05) is 5.02 Å². The van der Waals surface area contributed by atoms with Crippen LogP contribution in [-0.4, -0.2) is 9.97 Å². The first-order valence-corrected chi connectivity index (χ1v) is 7.80. The van der Waals surface area contributed by atoms with Crippen LogP contribution >= 0.6 is 35.2 Å². The standard InChI is InChI=1S/C15H11ClN2OS2/c16-9-5-6-10(15(17)20)12(7-9)19-8-14-18-11-3-1-2-4-13(11)21-14/h1-7H,8H2,(H2,17,20). The second kappa shape index (κ2) is 5.97. The lowest BCUT2D eigenvalue weighted by atomic mass is 10.2. The van der Waals surface area contributed by atoms with Crippen molar-refractivity contribution in [2.24, 2.45) is 5.73 Å². The Balaban J connectivity index is 1.84. The lowest BCUT2D eigenvalue weighted by Gasteiger charge is -2.09. The fraction of sp³-hybridized carbons (Fsp3) is 0.0667. The number of para-hydroxylation sites is 1. The minimum absolute atomic E-state index is 0.283. The molecule has 6 heteroatoms. The molecular formula is C15H11ClN2OS2. The molecule has 1 heterocycles. The molecule has 0 atom stereocenters. The van der Waals surface area contributed by atoms with Crippen molar-refractivity contribution in [1.29, 1.82) is 0 Å². The van der Waals surface area contributed by atoms with Crippen molar-refractivity contribution < 1.29 is 4.74 Å². The number of fused-ring (bicyclic) bond motifs is 1. The van der Waals surface area contributed by atoms with Gasteiger partial charge in [0.25, 0.3) is 0 Å². The number of thiocarbonyl (C=S) groups is 1. The minimum atomic E-state index is 0.283. The van der Waals surface area contributed by atoms with Crippen LogP contribution in [0.15, 0.2) is 42.5 Å². The number of thiazole rings is 1. The molecule has 0 aliphatic heterocycles. The number of nitrogens with zero attached hydrogens (tertiary/aromatic N) is 1. The fourth-order valence-electron chi connectivity index (χ4n) is 1.94. The Hall–Kier alpha value is -1.69. The number of rotatable bonds is 4. The average Bonchev–Trinajstić information content (AvgIpc) is 2.87. The molecule has 0 radical (unpaired) electrons. The second-order valence-electron chi connectivity index (χ2n) is 4.37. The van der Waals surface area contributed by atoms with E-state index in [1.807, 2.05) is 24.3 Å². The molecule has 0 bridgehead atoms. The highest BCUT2D eigenvalue weighted by molar-refractivity contribution is 7.80. The van der Waals surface area contributed by atoms with Gasteiger partial charge in [-0.1, -0.05) is 36.0 Å². The van der Waals surface area contributed by atoms with Crippen LogP contribution < -0.4 is 10.5 Å². The number of nitrogens with two attached hydrogens (primary N) is 1. The second-order valence-corrected chi connectivity index (χ2v) is 6.36. The van der Waals surface area contributed by atoms with Crippen molar-refractivity contribution in [1.82, 2.24) is 4.98 Å². The Morgan fingerprint density at radius 1 is 1.29 bits per heavy atom. The van der Waals surface area contributed by atoms with E-state index in [-0.39, 0.29) is 4.99 Å². The third-order valence-electron chi connectivity index (χ3n) is 2.90. The van der Waals surface area contributed by atoms with Crippen molar-refractivity contribution >= 4 is 50.4 Å². The van der Waals surface area contributed by atoms with Gasteiger partial charge in [0.15, 0.2) is 0 Å². The Morgan fingerprint density at radius 2 is 2.10 bits per heavy atom. The van der Waals surface area contributed by atoms with Gasteiger partial charge in [-0.25, -0.2) is 4.98 Å². The van der Waals surface area contributed by atoms with Crippen LogP contribution in [0.25, 0.3) is 10.2 Å². The number of halogens is 1. The molecule has 0 spiro atoms. The SMILES string of the molecule is NC(=S)c1ccc(Cl)cc1OCc1nc2ccccc2s1. The molecule has 2 aromatic carbocycles. The van der Waals surface area contributed by atoms with Crippen molar-refractivity contribution in [3.05, 3.63) is 58.1 Å². The van der Waals surface area contributed by atoms with E-state index < -0.39 is 0 Å². The summed E-state index contributed by atoms with van der Waals surface area (Å²) in [5.41, 5.74) is 7.34. The number of aromatic nitrogens is 1. The van der Waals surface area contributed by atoms with E-state index in [2.05, 4.69) is 4.98 Å². The summed E-state index contributed by atoms with van der Waals surface area (Å²) in [6.07, 6.45) is 0. The summed E-state index contributed by atoms with van der Waals surface area (Å²) in [5.74, 6) is 0.578. The predicted molar refractivity (Wildman–Crippen MR) is 91.3 cm³/mol. The van der Waals surface area contributed by atoms with Crippen molar-refractivity contribution in [3.63, 3.8) is 0 Å². The van der Waals surface area contributed by atoms with Gasteiger partial charge in [-0.2, -0.15) is 0 Å².